The van der Waals surface area contributed by atoms with Crippen molar-refractivity contribution in [2.75, 3.05) is 19.7 Å². The van der Waals surface area contributed by atoms with Gasteiger partial charge in [0.1, 0.15) is 17.3 Å². The lowest BCUT2D eigenvalue weighted by atomic mass is 9.97. The van der Waals surface area contributed by atoms with E-state index in [9.17, 15) is 14.0 Å². The van der Waals surface area contributed by atoms with E-state index in [0.29, 0.717) is 31.2 Å². The second kappa shape index (κ2) is 8.98. The molecule has 2 aromatic rings. The maximum absolute atomic E-state index is 13.4. The highest BCUT2D eigenvalue weighted by Gasteiger charge is 2.33. The average molecular weight is 413 g/mol. The van der Waals surface area contributed by atoms with Gasteiger partial charge >= 0.3 is 5.97 Å². The molecule has 1 atom stereocenters. The first-order valence-corrected chi connectivity index (χ1v) is 10.9. The Bertz CT molecular complexity index is 923. The number of halogens is 1. The molecule has 3 heterocycles. The molecule has 6 nitrogen and oxygen atoms in total. The van der Waals surface area contributed by atoms with Gasteiger partial charge in [-0.3, -0.25) is 9.59 Å². The number of nitrogens with zero attached hydrogens (tertiary/aromatic N) is 3. The summed E-state index contributed by atoms with van der Waals surface area (Å²) in [6, 6.07) is 6.26. The van der Waals surface area contributed by atoms with Crippen LogP contribution in [0.3, 0.4) is 0 Å². The number of imidazole rings is 1. The van der Waals surface area contributed by atoms with Crippen molar-refractivity contribution in [2.45, 2.75) is 52.0 Å². The zero-order valence-corrected chi connectivity index (χ0v) is 17.4. The van der Waals surface area contributed by atoms with Crippen LogP contribution < -0.4 is 0 Å². The molecule has 1 unspecified atom stereocenters. The SMILES string of the molecule is CCOC(=O)C1CCCN(C(=O)c2nc(-c3ccc(F)cc3)n3c2CCCCC3)C1. The summed E-state index contributed by atoms with van der Waals surface area (Å²) in [6.07, 6.45) is 5.46. The van der Waals surface area contributed by atoms with Crippen molar-refractivity contribution in [1.29, 1.82) is 0 Å². The fraction of sp³-hybridized carbons (Fsp3) is 0.522. The average Bonchev–Trinajstić information content (AvgIpc) is 2.95. The summed E-state index contributed by atoms with van der Waals surface area (Å²) >= 11 is 0. The van der Waals surface area contributed by atoms with Crippen molar-refractivity contribution in [3.05, 3.63) is 41.5 Å². The number of likely N-dealkylation sites (tertiary alicyclic amines) is 1. The molecular formula is C23H28FN3O3. The van der Waals surface area contributed by atoms with Crippen molar-refractivity contribution in [3.8, 4) is 11.4 Å². The molecule has 1 amide bonds. The first-order valence-electron chi connectivity index (χ1n) is 10.9. The highest BCUT2D eigenvalue weighted by Crippen LogP contribution is 2.29. The first-order chi connectivity index (χ1) is 14.6. The number of amides is 1. The molecule has 2 aliphatic rings. The third kappa shape index (κ3) is 4.11. The van der Waals surface area contributed by atoms with Gasteiger partial charge in [-0.15, -0.1) is 0 Å². The summed E-state index contributed by atoms with van der Waals surface area (Å²) in [5.74, 6) is -0.209. The quantitative estimate of drug-likeness (QED) is 0.715. The number of piperidine rings is 1. The second-order valence-corrected chi connectivity index (χ2v) is 8.04. The number of ether oxygens (including phenoxy) is 1. The van der Waals surface area contributed by atoms with Gasteiger partial charge in [-0.05, 0) is 63.3 Å². The minimum atomic E-state index is -0.295. The van der Waals surface area contributed by atoms with Crippen molar-refractivity contribution in [2.24, 2.45) is 5.92 Å². The molecule has 0 bridgehead atoms. The lowest BCUT2D eigenvalue weighted by Gasteiger charge is -2.31. The number of hydrogen-bond donors (Lipinski definition) is 0. The smallest absolute Gasteiger partial charge is 0.310 e. The molecule has 0 saturated carbocycles. The third-order valence-electron chi connectivity index (χ3n) is 6.00. The number of aromatic nitrogens is 2. The molecule has 160 valence electrons. The van der Waals surface area contributed by atoms with Crippen LogP contribution >= 0.6 is 0 Å². The summed E-state index contributed by atoms with van der Waals surface area (Å²) in [7, 11) is 0. The molecule has 30 heavy (non-hydrogen) atoms. The van der Waals surface area contributed by atoms with Gasteiger partial charge in [0.2, 0.25) is 0 Å². The van der Waals surface area contributed by atoms with Crippen LogP contribution in [0.25, 0.3) is 11.4 Å². The lowest BCUT2D eigenvalue weighted by molar-refractivity contribution is -0.149. The number of carbonyl (C=O) groups excluding carboxylic acids is 2. The van der Waals surface area contributed by atoms with Gasteiger partial charge in [-0.2, -0.15) is 0 Å². The number of esters is 1. The second-order valence-electron chi connectivity index (χ2n) is 8.04. The Morgan fingerprint density at radius 2 is 1.93 bits per heavy atom. The maximum Gasteiger partial charge on any atom is 0.310 e. The van der Waals surface area contributed by atoms with E-state index < -0.39 is 0 Å². The Morgan fingerprint density at radius 1 is 1.13 bits per heavy atom. The zero-order valence-electron chi connectivity index (χ0n) is 17.4. The van der Waals surface area contributed by atoms with Gasteiger partial charge in [0, 0.05) is 25.2 Å². The summed E-state index contributed by atoms with van der Waals surface area (Å²) in [5, 5.41) is 0. The van der Waals surface area contributed by atoms with Crippen LogP contribution in [0.4, 0.5) is 4.39 Å². The fourth-order valence-electron chi connectivity index (χ4n) is 4.47. The Morgan fingerprint density at radius 3 is 2.70 bits per heavy atom. The van der Waals surface area contributed by atoms with Crippen LogP contribution in [0, 0.1) is 11.7 Å². The molecule has 1 aromatic carbocycles. The van der Waals surface area contributed by atoms with Gasteiger partial charge in [-0.25, -0.2) is 9.37 Å². The van der Waals surface area contributed by atoms with Crippen LogP contribution in [-0.2, 0) is 22.5 Å². The number of carbonyl (C=O) groups is 2. The van der Waals surface area contributed by atoms with Crippen molar-refractivity contribution in [3.63, 3.8) is 0 Å². The predicted octanol–water partition coefficient (Wildman–Crippen LogP) is 3.83. The van der Waals surface area contributed by atoms with Gasteiger partial charge in [0.25, 0.3) is 5.91 Å². The number of hydrogen-bond acceptors (Lipinski definition) is 4. The molecule has 1 saturated heterocycles. The van der Waals surface area contributed by atoms with Gasteiger partial charge in [0.05, 0.1) is 18.2 Å². The van der Waals surface area contributed by atoms with Gasteiger partial charge in [0.15, 0.2) is 0 Å². The normalized spacial score (nSPS) is 19.1. The van der Waals surface area contributed by atoms with E-state index in [1.807, 2.05) is 0 Å². The lowest BCUT2D eigenvalue weighted by Crippen LogP contribution is -2.43. The molecule has 2 aliphatic heterocycles. The van der Waals surface area contributed by atoms with E-state index in [0.717, 1.165) is 56.3 Å². The van der Waals surface area contributed by atoms with Gasteiger partial charge < -0.3 is 14.2 Å². The molecular weight excluding hydrogens is 385 g/mol. The van der Waals surface area contributed by atoms with Gasteiger partial charge in [-0.1, -0.05) is 6.42 Å². The standard InChI is InChI=1S/C23H28FN3O3/c1-2-30-23(29)17-7-6-13-26(15-17)22(28)20-19-8-4-3-5-14-27(19)21(25-20)16-9-11-18(24)12-10-16/h9-12,17H,2-8,13-15H2,1H3. The Hall–Kier alpha value is -2.70. The fourth-order valence-corrected chi connectivity index (χ4v) is 4.47. The number of fused-ring (bicyclic) bond motifs is 1. The third-order valence-corrected chi connectivity index (χ3v) is 6.00. The molecule has 1 aromatic heterocycles. The molecule has 0 N–H and O–H groups in total. The van der Waals surface area contributed by atoms with E-state index in [4.69, 9.17) is 9.72 Å². The van der Waals surface area contributed by atoms with Crippen LogP contribution in [0.2, 0.25) is 0 Å². The maximum atomic E-state index is 13.4. The largest absolute Gasteiger partial charge is 0.466 e. The topological polar surface area (TPSA) is 64.4 Å². The van der Waals surface area contributed by atoms with Crippen LogP contribution in [0.5, 0.6) is 0 Å². The molecule has 4 rings (SSSR count). The molecule has 0 aliphatic carbocycles. The van der Waals surface area contributed by atoms with E-state index in [1.165, 1.54) is 12.1 Å². The molecule has 0 spiro atoms. The Balaban J connectivity index is 1.65. The highest BCUT2D eigenvalue weighted by atomic mass is 19.1. The Kier molecular flexibility index (Phi) is 6.16. The minimum absolute atomic E-state index is 0.122. The van der Waals surface area contributed by atoms with Crippen LogP contribution in [0.1, 0.15) is 55.2 Å². The van der Waals surface area contributed by atoms with Crippen molar-refractivity contribution >= 4 is 11.9 Å². The van der Waals surface area contributed by atoms with Crippen LogP contribution in [0.15, 0.2) is 24.3 Å². The van der Waals surface area contributed by atoms with E-state index in [1.54, 1.807) is 24.0 Å². The summed E-state index contributed by atoms with van der Waals surface area (Å²) < 4.78 is 20.7. The summed E-state index contributed by atoms with van der Waals surface area (Å²) in [6.45, 7) is 3.93. The van der Waals surface area contributed by atoms with E-state index in [2.05, 4.69) is 4.57 Å². The van der Waals surface area contributed by atoms with E-state index in [-0.39, 0.29) is 23.6 Å². The van der Waals surface area contributed by atoms with Crippen molar-refractivity contribution < 1.29 is 18.7 Å². The first kappa shape index (κ1) is 20.6. The number of benzene rings is 1. The monoisotopic (exact) mass is 413 g/mol. The van der Waals surface area contributed by atoms with E-state index >= 15 is 0 Å². The zero-order chi connectivity index (χ0) is 21.1. The Labute approximate surface area is 176 Å². The highest BCUT2D eigenvalue weighted by molar-refractivity contribution is 5.94. The minimum Gasteiger partial charge on any atom is -0.466 e. The molecule has 0 radical (unpaired) electrons. The summed E-state index contributed by atoms with van der Waals surface area (Å²) in [5.41, 5.74) is 2.23. The predicted molar refractivity (Wildman–Crippen MR) is 110 cm³/mol. The van der Waals surface area contributed by atoms with Crippen LogP contribution in [-0.4, -0.2) is 46.0 Å². The molecule has 1 fully saturated rings. The number of rotatable bonds is 4. The molecule has 7 heteroatoms. The summed E-state index contributed by atoms with van der Waals surface area (Å²) in [4.78, 5) is 32.1. The van der Waals surface area contributed by atoms with Crippen molar-refractivity contribution in [1.82, 2.24) is 14.5 Å².